The minimum atomic E-state index is 0.339. The minimum Gasteiger partial charge on any atom is -0.367 e. The number of thioether (sulfide) groups is 1. The average Bonchev–Trinajstić information content (AvgIpc) is 2.54. The largest absolute Gasteiger partial charge is 0.367 e. The number of nitriles is 2. The van der Waals surface area contributed by atoms with Gasteiger partial charge < -0.3 is 4.90 Å². The lowest BCUT2D eigenvalue weighted by Crippen LogP contribution is -2.48. The van der Waals surface area contributed by atoms with Crippen LogP contribution in [-0.4, -0.2) is 23.6 Å². The van der Waals surface area contributed by atoms with E-state index >= 15 is 0 Å². The lowest BCUT2D eigenvalue weighted by Gasteiger charge is -2.45. The maximum Gasteiger partial charge on any atom is 0.101 e. The monoisotopic (exact) mass is 297 g/mol. The van der Waals surface area contributed by atoms with Crippen molar-refractivity contribution in [2.45, 2.75) is 36.9 Å². The van der Waals surface area contributed by atoms with Gasteiger partial charge in [-0.2, -0.15) is 22.3 Å². The van der Waals surface area contributed by atoms with E-state index in [-0.39, 0.29) is 0 Å². The first-order chi connectivity index (χ1) is 10.3. The van der Waals surface area contributed by atoms with Crippen molar-refractivity contribution in [1.29, 1.82) is 10.5 Å². The van der Waals surface area contributed by atoms with Crippen LogP contribution in [0.4, 0.5) is 5.69 Å². The number of hydrogen-bond acceptors (Lipinski definition) is 4. The van der Waals surface area contributed by atoms with Crippen molar-refractivity contribution in [1.82, 2.24) is 0 Å². The van der Waals surface area contributed by atoms with Crippen LogP contribution in [-0.2, 0) is 0 Å². The lowest BCUT2D eigenvalue weighted by atomic mass is 9.87. The third kappa shape index (κ3) is 2.74. The zero-order valence-corrected chi connectivity index (χ0v) is 13.0. The highest BCUT2D eigenvalue weighted by Gasteiger charge is 2.38. The van der Waals surface area contributed by atoms with Crippen LogP contribution in [0.25, 0.3) is 0 Å². The Morgan fingerprint density at radius 2 is 1.71 bits per heavy atom. The highest BCUT2D eigenvalue weighted by atomic mass is 32.2. The summed E-state index contributed by atoms with van der Waals surface area (Å²) >= 11 is 2.10. The molecule has 1 aromatic carbocycles. The van der Waals surface area contributed by atoms with E-state index in [1.54, 1.807) is 6.07 Å². The smallest absolute Gasteiger partial charge is 0.101 e. The van der Waals surface area contributed by atoms with E-state index in [1.165, 1.54) is 32.1 Å². The fourth-order valence-corrected chi connectivity index (χ4v) is 5.17. The van der Waals surface area contributed by atoms with Gasteiger partial charge in [-0.25, -0.2) is 0 Å². The molecule has 1 spiro atoms. The quantitative estimate of drug-likeness (QED) is 0.793. The summed E-state index contributed by atoms with van der Waals surface area (Å²) in [5.74, 6) is 1.09. The molecule has 0 amide bonds. The summed E-state index contributed by atoms with van der Waals surface area (Å²) in [6, 6.07) is 9.97. The van der Waals surface area contributed by atoms with Crippen LogP contribution < -0.4 is 4.90 Å². The standard InChI is InChI=1S/C17H19N3S/c18-11-14-5-4-6-15(12-19)16(14)20-9-10-21-17(13-20)7-2-1-3-8-17/h4-6H,1-3,7-10,13H2. The van der Waals surface area contributed by atoms with Gasteiger partial charge in [0.05, 0.1) is 16.8 Å². The van der Waals surface area contributed by atoms with Crippen molar-refractivity contribution in [3.63, 3.8) is 0 Å². The normalized spacial score (nSPS) is 20.8. The molecule has 0 N–H and O–H groups in total. The molecule has 21 heavy (non-hydrogen) atoms. The third-order valence-electron chi connectivity index (χ3n) is 4.61. The van der Waals surface area contributed by atoms with Crippen molar-refractivity contribution in [2.24, 2.45) is 0 Å². The Bertz CT molecular complexity index is 568. The Morgan fingerprint density at radius 3 is 2.33 bits per heavy atom. The minimum absolute atomic E-state index is 0.339. The summed E-state index contributed by atoms with van der Waals surface area (Å²) in [4.78, 5) is 2.29. The van der Waals surface area contributed by atoms with Gasteiger partial charge in [-0.3, -0.25) is 0 Å². The van der Waals surface area contributed by atoms with E-state index in [0.717, 1.165) is 24.5 Å². The first-order valence-electron chi connectivity index (χ1n) is 7.60. The second-order valence-corrected chi connectivity index (χ2v) is 7.50. The summed E-state index contributed by atoms with van der Waals surface area (Å²) in [6.07, 6.45) is 6.51. The Kier molecular flexibility index (Phi) is 4.08. The molecule has 0 aromatic heterocycles. The molecule has 4 heteroatoms. The Labute approximate surface area is 130 Å². The number of anilines is 1. The Balaban J connectivity index is 1.94. The zero-order chi connectivity index (χ0) is 14.7. The molecule has 0 unspecified atom stereocenters. The van der Waals surface area contributed by atoms with Crippen LogP contribution in [0, 0.1) is 22.7 Å². The van der Waals surface area contributed by atoms with Crippen molar-refractivity contribution in [3.8, 4) is 12.1 Å². The fraction of sp³-hybridized carbons (Fsp3) is 0.529. The third-order valence-corrected chi connectivity index (χ3v) is 6.14. The van der Waals surface area contributed by atoms with E-state index in [2.05, 4.69) is 28.8 Å². The Hall–Kier alpha value is -1.65. The van der Waals surface area contributed by atoms with Gasteiger partial charge in [0.15, 0.2) is 0 Å². The summed E-state index contributed by atoms with van der Waals surface area (Å²) in [6.45, 7) is 1.91. The zero-order valence-electron chi connectivity index (χ0n) is 12.1. The number of hydrogen-bond donors (Lipinski definition) is 0. The molecule has 0 bridgehead atoms. The van der Waals surface area contributed by atoms with Gasteiger partial charge in [0, 0.05) is 23.6 Å². The first-order valence-corrected chi connectivity index (χ1v) is 8.59. The van der Waals surface area contributed by atoms with Crippen LogP contribution in [0.1, 0.15) is 43.2 Å². The molecule has 1 saturated carbocycles. The van der Waals surface area contributed by atoms with Crippen LogP contribution >= 0.6 is 11.8 Å². The van der Waals surface area contributed by atoms with Crippen molar-refractivity contribution in [2.75, 3.05) is 23.7 Å². The molecule has 1 aliphatic carbocycles. The molecule has 1 aromatic rings. The van der Waals surface area contributed by atoms with Crippen LogP contribution in [0.2, 0.25) is 0 Å². The van der Waals surface area contributed by atoms with E-state index in [4.69, 9.17) is 0 Å². The predicted molar refractivity (Wildman–Crippen MR) is 86.4 cm³/mol. The van der Waals surface area contributed by atoms with E-state index < -0.39 is 0 Å². The summed E-state index contributed by atoms with van der Waals surface area (Å²) < 4.78 is 0.339. The summed E-state index contributed by atoms with van der Waals surface area (Å²) in [5.41, 5.74) is 2.12. The topological polar surface area (TPSA) is 50.8 Å². The van der Waals surface area contributed by atoms with Crippen LogP contribution in [0.3, 0.4) is 0 Å². The maximum atomic E-state index is 9.38. The van der Waals surface area contributed by atoms with E-state index in [0.29, 0.717) is 15.9 Å². The van der Waals surface area contributed by atoms with Crippen LogP contribution in [0.5, 0.6) is 0 Å². The lowest BCUT2D eigenvalue weighted by molar-refractivity contribution is 0.391. The molecule has 0 radical (unpaired) electrons. The highest BCUT2D eigenvalue weighted by Crippen LogP contribution is 2.44. The number of benzene rings is 1. The fourth-order valence-electron chi connectivity index (χ4n) is 3.60. The van der Waals surface area contributed by atoms with Gasteiger partial charge in [0.2, 0.25) is 0 Å². The van der Waals surface area contributed by atoms with Crippen molar-refractivity contribution in [3.05, 3.63) is 29.3 Å². The van der Waals surface area contributed by atoms with Gasteiger partial charge in [-0.15, -0.1) is 0 Å². The molecule has 3 nitrogen and oxygen atoms in total. The molecule has 2 aliphatic rings. The molecular weight excluding hydrogens is 278 g/mol. The molecule has 1 aliphatic heterocycles. The maximum absolute atomic E-state index is 9.38. The molecule has 3 rings (SSSR count). The van der Waals surface area contributed by atoms with Crippen molar-refractivity contribution < 1.29 is 0 Å². The van der Waals surface area contributed by atoms with Gasteiger partial charge in [-0.05, 0) is 25.0 Å². The van der Waals surface area contributed by atoms with Gasteiger partial charge in [0.25, 0.3) is 0 Å². The van der Waals surface area contributed by atoms with E-state index in [9.17, 15) is 10.5 Å². The highest BCUT2D eigenvalue weighted by molar-refractivity contribution is 8.00. The SMILES string of the molecule is N#Cc1cccc(C#N)c1N1CCSC2(CCCCC2)C1. The average molecular weight is 297 g/mol. The molecule has 108 valence electrons. The first kappa shape index (κ1) is 14.3. The van der Waals surface area contributed by atoms with Crippen LogP contribution in [0.15, 0.2) is 18.2 Å². The number of para-hydroxylation sites is 1. The summed E-state index contributed by atoms with van der Waals surface area (Å²) in [7, 11) is 0. The van der Waals surface area contributed by atoms with Gasteiger partial charge in [-0.1, -0.05) is 25.3 Å². The van der Waals surface area contributed by atoms with Gasteiger partial charge in [0.1, 0.15) is 12.1 Å². The molecule has 1 heterocycles. The molecule has 0 atom stereocenters. The van der Waals surface area contributed by atoms with Crippen molar-refractivity contribution >= 4 is 17.4 Å². The number of nitrogens with zero attached hydrogens (tertiary/aromatic N) is 3. The molecule has 1 saturated heterocycles. The summed E-state index contributed by atoms with van der Waals surface area (Å²) in [5, 5.41) is 18.8. The van der Waals surface area contributed by atoms with E-state index in [1.807, 2.05) is 12.1 Å². The Morgan fingerprint density at radius 1 is 1.05 bits per heavy atom. The molecule has 2 fully saturated rings. The number of rotatable bonds is 1. The second kappa shape index (κ2) is 6.00. The van der Waals surface area contributed by atoms with Gasteiger partial charge >= 0.3 is 0 Å². The second-order valence-electron chi connectivity index (χ2n) is 5.94. The predicted octanol–water partition coefficient (Wildman–Crippen LogP) is 3.69. The molecular formula is C17H19N3S.